The monoisotopic (exact) mass is 407 g/mol. The molecule has 150 valence electrons. The van der Waals surface area contributed by atoms with E-state index in [1.54, 1.807) is 24.3 Å². The summed E-state index contributed by atoms with van der Waals surface area (Å²) in [6, 6.07) is 11.4. The van der Waals surface area contributed by atoms with Crippen molar-refractivity contribution in [3.8, 4) is 34.8 Å². The van der Waals surface area contributed by atoms with Gasteiger partial charge in [-0.1, -0.05) is 0 Å². The van der Waals surface area contributed by atoms with Crippen molar-refractivity contribution in [1.82, 2.24) is 10.3 Å². The molecule has 3 N–H and O–H groups in total. The Balaban J connectivity index is 1.69. The standard InChI is InChI=1S/C20H13N3O7/c21-7-14-13-5-10(30-11-2-4-15-16(6-11)29-9-28-15)1-3-12(13)19(26)18(23-14)20(27)22-8-17(24)25/h1-6,26H,8-9H2,(H,22,27)(H,24,25). The minimum Gasteiger partial charge on any atom is -0.505 e. The Hall–Kier alpha value is -4.52. The zero-order chi connectivity index (χ0) is 21.3. The Bertz CT molecular complexity index is 1230. The lowest BCUT2D eigenvalue weighted by Crippen LogP contribution is -2.30. The molecular weight excluding hydrogens is 394 g/mol. The van der Waals surface area contributed by atoms with Gasteiger partial charge in [-0.2, -0.15) is 5.26 Å². The highest BCUT2D eigenvalue weighted by Crippen LogP contribution is 2.38. The molecule has 0 unspecified atom stereocenters. The highest BCUT2D eigenvalue weighted by molar-refractivity contribution is 6.03. The number of aliphatic carboxylic acids is 1. The van der Waals surface area contributed by atoms with Crippen LogP contribution in [0.5, 0.6) is 28.7 Å². The van der Waals surface area contributed by atoms with Gasteiger partial charge in [-0.15, -0.1) is 0 Å². The van der Waals surface area contributed by atoms with Gasteiger partial charge in [0.25, 0.3) is 5.91 Å². The second-order valence-corrected chi connectivity index (χ2v) is 6.17. The predicted molar refractivity (Wildman–Crippen MR) is 101 cm³/mol. The molecule has 30 heavy (non-hydrogen) atoms. The number of aromatic hydroxyl groups is 1. The number of aromatic nitrogens is 1. The second kappa shape index (κ2) is 7.48. The average molecular weight is 407 g/mol. The lowest BCUT2D eigenvalue weighted by molar-refractivity contribution is -0.135. The van der Waals surface area contributed by atoms with Crippen molar-refractivity contribution < 1.29 is 34.0 Å². The molecular formula is C20H13N3O7. The number of hydrogen-bond acceptors (Lipinski definition) is 8. The summed E-state index contributed by atoms with van der Waals surface area (Å²) < 4.78 is 16.4. The molecule has 1 aromatic heterocycles. The molecule has 0 saturated carbocycles. The summed E-state index contributed by atoms with van der Waals surface area (Å²) >= 11 is 0. The normalized spacial score (nSPS) is 11.7. The number of ether oxygens (including phenoxy) is 3. The number of carboxylic acid groups (broad SMARTS) is 1. The van der Waals surface area contributed by atoms with Crippen molar-refractivity contribution in [2.75, 3.05) is 13.3 Å². The highest BCUT2D eigenvalue weighted by atomic mass is 16.7. The molecule has 10 heteroatoms. The van der Waals surface area contributed by atoms with Gasteiger partial charge in [0.05, 0.1) is 0 Å². The number of nitrogens with zero attached hydrogens (tertiary/aromatic N) is 2. The Morgan fingerprint density at radius 1 is 1.13 bits per heavy atom. The summed E-state index contributed by atoms with van der Waals surface area (Å²) in [5, 5.41) is 31.1. The van der Waals surface area contributed by atoms with Crippen LogP contribution in [0.1, 0.15) is 16.2 Å². The fourth-order valence-electron chi connectivity index (χ4n) is 2.90. The molecule has 0 spiro atoms. The number of nitriles is 1. The summed E-state index contributed by atoms with van der Waals surface area (Å²) in [4.78, 5) is 26.6. The van der Waals surface area contributed by atoms with Gasteiger partial charge in [0.1, 0.15) is 29.8 Å². The summed E-state index contributed by atoms with van der Waals surface area (Å²) in [5.41, 5.74) is -0.566. The SMILES string of the molecule is N#Cc1nc(C(=O)NCC(=O)O)c(O)c2ccc(Oc3ccc4c(c3)OCO4)cc12. The first-order chi connectivity index (χ1) is 14.5. The van der Waals surface area contributed by atoms with Crippen LogP contribution in [0.4, 0.5) is 0 Å². The number of rotatable bonds is 5. The summed E-state index contributed by atoms with van der Waals surface area (Å²) in [7, 11) is 0. The molecule has 0 aliphatic carbocycles. The van der Waals surface area contributed by atoms with E-state index in [-0.39, 0.29) is 23.3 Å². The number of benzene rings is 2. The molecule has 1 aliphatic rings. The maximum atomic E-state index is 12.1. The maximum Gasteiger partial charge on any atom is 0.322 e. The van der Waals surface area contributed by atoms with E-state index in [0.29, 0.717) is 23.0 Å². The van der Waals surface area contributed by atoms with Crippen LogP contribution in [0.3, 0.4) is 0 Å². The van der Waals surface area contributed by atoms with Crippen molar-refractivity contribution in [2.45, 2.75) is 0 Å². The van der Waals surface area contributed by atoms with E-state index in [9.17, 15) is 20.0 Å². The van der Waals surface area contributed by atoms with Gasteiger partial charge in [0.2, 0.25) is 6.79 Å². The first-order valence-electron chi connectivity index (χ1n) is 8.60. The third kappa shape index (κ3) is 3.47. The van der Waals surface area contributed by atoms with Crippen molar-refractivity contribution in [3.63, 3.8) is 0 Å². The third-order valence-electron chi connectivity index (χ3n) is 4.25. The van der Waals surface area contributed by atoms with E-state index in [0.717, 1.165) is 0 Å². The Labute approximate surface area is 168 Å². The number of hydrogen-bond donors (Lipinski definition) is 3. The summed E-state index contributed by atoms with van der Waals surface area (Å²) in [5.74, 6) is -0.649. The van der Waals surface area contributed by atoms with E-state index in [1.807, 2.05) is 6.07 Å². The lowest BCUT2D eigenvalue weighted by atomic mass is 10.1. The predicted octanol–water partition coefficient (Wildman–Crippen LogP) is 2.15. The van der Waals surface area contributed by atoms with Crippen molar-refractivity contribution in [3.05, 3.63) is 47.8 Å². The number of carbonyl (C=O) groups is 2. The molecule has 1 aliphatic heterocycles. The number of pyridine rings is 1. The fourth-order valence-corrected chi connectivity index (χ4v) is 2.90. The van der Waals surface area contributed by atoms with Crippen LogP contribution in [-0.2, 0) is 4.79 Å². The Morgan fingerprint density at radius 2 is 1.87 bits per heavy atom. The van der Waals surface area contributed by atoms with Gasteiger partial charge >= 0.3 is 5.97 Å². The second-order valence-electron chi connectivity index (χ2n) is 6.17. The molecule has 3 aromatic rings. The number of nitrogens with one attached hydrogen (secondary N) is 1. The third-order valence-corrected chi connectivity index (χ3v) is 4.25. The smallest absolute Gasteiger partial charge is 0.322 e. The van der Waals surface area contributed by atoms with Gasteiger partial charge in [-0.25, -0.2) is 4.98 Å². The quantitative estimate of drug-likeness (QED) is 0.578. The zero-order valence-corrected chi connectivity index (χ0v) is 15.2. The minimum atomic E-state index is -1.26. The van der Waals surface area contributed by atoms with Crippen molar-refractivity contribution in [1.29, 1.82) is 5.26 Å². The van der Waals surface area contributed by atoms with Gasteiger partial charge in [0, 0.05) is 16.8 Å². The first-order valence-corrected chi connectivity index (χ1v) is 8.60. The molecule has 4 rings (SSSR count). The van der Waals surface area contributed by atoms with Crippen LogP contribution >= 0.6 is 0 Å². The van der Waals surface area contributed by atoms with Crippen LogP contribution in [0, 0.1) is 11.3 Å². The average Bonchev–Trinajstić information content (AvgIpc) is 3.20. The van der Waals surface area contributed by atoms with Crippen LogP contribution in [-0.4, -0.2) is 40.4 Å². The van der Waals surface area contributed by atoms with Gasteiger partial charge in [-0.3, -0.25) is 9.59 Å². The highest BCUT2D eigenvalue weighted by Gasteiger charge is 2.20. The van der Waals surface area contributed by atoms with Crippen LogP contribution < -0.4 is 19.5 Å². The van der Waals surface area contributed by atoms with E-state index in [1.165, 1.54) is 12.1 Å². The van der Waals surface area contributed by atoms with Crippen molar-refractivity contribution in [2.24, 2.45) is 0 Å². The van der Waals surface area contributed by atoms with E-state index < -0.39 is 29.9 Å². The van der Waals surface area contributed by atoms with Crippen molar-refractivity contribution >= 4 is 22.6 Å². The van der Waals surface area contributed by atoms with Crippen LogP contribution in [0.25, 0.3) is 10.8 Å². The van der Waals surface area contributed by atoms with Gasteiger partial charge in [0.15, 0.2) is 22.9 Å². The number of amides is 1. The molecule has 0 radical (unpaired) electrons. The summed E-state index contributed by atoms with van der Waals surface area (Å²) in [6.07, 6.45) is 0. The fraction of sp³-hybridized carbons (Fsp3) is 0.100. The van der Waals surface area contributed by atoms with E-state index in [4.69, 9.17) is 19.3 Å². The van der Waals surface area contributed by atoms with Crippen LogP contribution in [0.2, 0.25) is 0 Å². The molecule has 0 atom stereocenters. The van der Waals surface area contributed by atoms with Crippen LogP contribution in [0.15, 0.2) is 36.4 Å². The van der Waals surface area contributed by atoms with E-state index >= 15 is 0 Å². The molecule has 0 saturated heterocycles. The molecule has 1 amide bonds. The summed E-state index contributed by atoms with van der Waals surface area (Å²) in [6.45, 7) is -0.518. The Kier molecular flexibility index (Phi) is 4.69. The van der Waals surface area contributed by atoms with Gasteiger partial charge in [-0.05, 0) is 30.3 Å². The van der Waals surface area contributed by atoms with E-state index in [2.05, 4.69) is 10.3 Å². The Morgan fingerprint density at radius 3 is 2.63 bits per heavy atom. The lowest BCUT2D eigenvalue weighted by Gasteiger charge is -2.11. The molecule has 0 bridgehead atoms. The number of carbonyl (C=O) groups excluding carboxylic acids is 1. The minimum absolute atomic E-state index is 0.126. The molecule has 2 aromatic carbocycles. The number of fused-ring (bicyclic) bond motifs is 2. The zero-order valence-electron chi connectivity index (χ0n) is 15.2. The van der Waals surface area contributed by atoms with Gasteiger partial charge < -0.3 is 29.7 Å². The maximum absolute atomic E-state index is 12.1. The molecule has 2 heterocycles. The first kappa shape index (κ1) is 18.8. The largest absolute Gasteiger partial charge is 0.505 e. The number of carboxylic acids is 1. The molecule has 10 nitrogen and oxygen atoms in total. The topological polar surface area (TPSA) is 151 Å². The molecule has 0 fully saturated rings.